The van der Waals surface area contributed by atoms with Gasteiger partial charge in [0, 0.05) is 16.5 Å². The van der Waals surface area contributed by atoms with E-state index in [0.29, 0.717) is 22.1 Å². The number of fused-ring (bicyclic) bond motifs is 2. The van der Waals surface area contributed by atoms with E-state index < -0.39 is 0 Å². The number of carbonyl (C=O) groups is 1. The van der Waals surface area contributed by atoms with E-state index in [1.54, 1.807) is 30.3 Å². The number of rotatable bonds is 2. The van der Waals surface area contributed by atoms with E-state index in [0.717, 1.165) is 10.1 Å². The summed E-state index contributed by atoms with van der Waals surface area (Å²) in [5.41, 5.74) is 0.623. The summed E-state index contributed by atoms with van der Waals surface area (Å²) in [5, 5.41) is 3.53. The highest BCUT2D eigenvalue weighted by Gasteiger charge is 2.15. The van der Waals surface area contributed by atoms with Crippen molar-refractivity contribution in [1.82, 2.24) is 0 Å². The third kappa shape index (κ3) is 2.27. The third-order valence-electron chi connectivity index (χ3n) is 3.33. The molecule has 22 heavy (non-hydrogen) atoms. The summed E-state index contributed by atoms with van der Waals surface area (Å²) in [5.74, 6) is 0.722. The van der Waals surface area contributed by atoms with Gasteiger partial charge in [0.05, 0.1) is 4.88 Å². The molecule has 0 saturated carbocycles. The van der Waals surface area contributed by atoms with Gasteiger partial charge in [0.25, 0.3) is 5.91 Å². The Morgan fingerprint density at radius 2 is 1.95 bits per heavy atom. The summed E-state index contributed by atoms with van der Waals surface area (Å²) in [6.45, 7) is 0.189. The lowest BCUT2D eigenvalue weighted by atomic mass is 10.2. The molecule has 2 aromatic carbocycles. The molecule has 1 aliphatic heterocycles. The monoisotopic (exact) mass is 315 g/mol. The van der Waals surface area contributed by atoms with E-state index >= 15 is 0 Å². The molecule has 4 nitrogen and oxygen atoms in total. The Balaban J connectivity index is 1.60. The minimum Gasteiger partial charge on any atom is -0.454 e. The number of benzene rings is 2. The first-order valence-corrected chi connectivity index (χ1v) is 7.41. The highest BCUT2D eigenvalue weighted by atomic mass is 32.1. The van der Waals surface area contributed by atoms with E-state index in [-0.39, 0.29) is 18.5 Å². The molecule has 0 radical (unpaired) electrons. The van der Waals surface area contributed by atoms with Gasteiger partial charge in [0.2, 0.25) is 6.79 Å². The summed E-state index contributed by atoms with van der Waals surface area (Å²) >= 11 is 1.32. The molecule has 1 amide bonds. The average Bonchev–Trinajstić information content (AvgIpc) is 3.12. The molecule has 0 unspecified atom stereocenters. The molecule has 3 aromatic rings. The molecule has 1 aliphatic rings. The molecule has 4 rings (SSSR count). The lowest BCUT2D eigenvalue weighted by Gasteiger charge is -2.04. The van der Waals surface area contributed by atoms with E-state index in [2.05, 4.69) is 5.32 Å². The summed E-state index contributed by atoms with van der Waals surface area (Å²) in [4.78, 5) is 12.8. The number of hydrogen-bond donors (Lipinski definition) is 1. The fourth-order valence-electron chi connectivity index (χ4n) is 2.29. The predicted octanol–water partition coefficient (Wildman–Crippen LogP) is 4.02. The second-order valence-corrected chi connectivity index (χ2v) is 5.90. The standard InChI is InChI=1S/C16H10FNO3S/c17-10-1-4-14-9(5-10)6-15(22-14)16(19)18-11-2-3-12-13(7-11)21-8-20-12/h1-7H,8H2,(H,18,19). The van der Waals surface area contributed by atoms with Crippen molar-refractivity contribution in [1.29, 1.82) is 0 Å². The average molecular weight is 315 g/mol. The molecule has 0 bridgehead atoms. The van der Waals surface area contributed by atoms with Gasteiger partial charge in [-0.05, 0) is 41.8 Å². The second kappa shape index (κ2) is 4.99. The van der Waals surface area contributed by atoms with Crippen molar-refractivity contribution in [2.45, 2.75) is 0 Å². The summed E-state index contributed by atoms with van der Waals surface area (Å²) < 4.78 is 24.6. The Bertz CT molecular complexity index is 890. The molecule has 0 spiro atoms. The zero-order valence-electron chi connectivity index (χ0n) is 11.3. The molecule has 1 N–H and O–H groups in total. The van der Waals surface area contributed by atoms with Gasteiger partial charge in [-0.2, -0.15) is 0 Å². The maximum Gasteiger partial charge on any atom is 0.265 e. The molecular weight excluding hydrogens is 305 g/mol. The highest BCUT2D eigenvalue weighted by molar-refractivity contribution is 7.20. The van der Waals surface area contributed by atoms with Crippen LogP contribution in [0.5, 0.6) is 11.5 Å². The van der Waals surface area contributed by atoms with Crippen LogP contribution in [0.2, 0.25) is 0 Å². The van der Waals surface area contributed by atoms with Gasteiger partial charge in [-0.15, -0.1) is 11.3 Å². The van der Waals surface area contributed by atoms with Crippen molar-refractivity contribution in [3.05, 3.63) is 53.2 Å². The van der Waals surface area contributed by atoms with Gasteiger partial charge in [0.15, 0.2) is 11.5 Å². The van der Waals surface area contributed by atoms with Crippen molar-refractivity contribution in [2.75, 3.05) is 12.1 Å². The Hall–Kier alpha value is -2.60. The number of amides is 1. The number of hydrogen-bond acceptors (Lipinski definition) is 4. The SMILES string of the molecule is O=C(Nc1ccc2c(c1)OCO2)c1cc2cc(F)ccc2s1. The zero-order valence-corrected chi connectivity index (χ0v) is 12.1. The van der Waals surface area contributed by atoms with Crippen molar-refractivity contribution in [3.63, 3.8) is 0 Å². The van der Waals surface area contributed by atoms with Crippen LogP contribution in [0.15, 0.2) is 42.5 Å². The zero-order chi connectivity index (χ0) is 15.1. The van der Waals surface area contributed by atoms with Crippen LogP contribution in [-0.2, 0) is 0 Å². The van der Waals surface area contributed by atoms with Crippen LogP contribution >= 0.6 is 11.3 Å². The van der Waals surface area contributed by atoms with Crippen molar-refractivity contribution in [3.8, 4) is 11.5 Å². The number of thiophene rings is 1. The number of ether oxygens (including phenoxy) is 2. The van der Waals surface area contributed by atoms with Crippen LogP contribution in [-0.4, -0.2) is 12.7 Å². The predicted molar refractivity (Wildman–Crippen MR) is 82.3 cm³/mol. The maximum atomic E-state index is 13.2. The largest absolute Gasteiger partial charge is 0.454 e. The van der Waals surface area contributed by atoms with Gasteiger partial charge in [0.1, 0.15) is 5.82 Å². The van der Waals surface area contributed by atoms with Crippen LogP contribution in [0.1, 0.15) is 9.67 Å². The van der Waals surface area contributed by atoms with Crippen molar-refractivity contribution >= 4 is 33.0 Å². The number of anilines is 1. The van der Waals surface area contributed by atoms with E-state index in [1.165, 1.54) is 23.5 Å². The molecule has 110 valence electrons. The number of carbonyl (C=O) groups excluding carboxylic acids is 1. The van der Waals surface area contributed by atoms with Gasteiger partial charge in [-0.25, -0.2) is 4.39 Å². The highest BCUT2D eigenvalue weighted by Crippen LogP contribution is 2.34. The Morgan fingerprint density at radius 1 is 1.09 bits per heavy atom. The first-order chi connectivity index (χ1) is 10.7. The first-order valence-electron chi connectivity index (χ1n) is 6.59. The van der Waals surface area contributed by atoms with Crippen LogP contribution in [0.4, 0.5) is 10.1 Å². The smallest absolute Gasteiger partial charge is 0.265 e. The van der Waals surface area contributed by atoms with Crippen molar-refractivity contribution < 1.29 is 18.7 Å². The van der Waals surface area contributed by atoms with Crippen LogP contribution in [0.25, 0.3) is 10.1 Å². The molecule has 1 aromatic heterocycles. The summed E-state index contributed by atoms with van der Waals surface area (Å²) in [7, 11) is 0. The lowest BCUT2D eigenvalue weighted by molar-refractivity contribution is 0.103. The molecule has 0 saturated heterocycles. The van der Waals surface area contributed by atoms with Gasteiger partial charge >= 0.3 is 0 Å². The molecule has 0 atom stereocenters. The minimum atomic E-state index is -0.312. The quantitative estimate of drug-likeness (QED) is 0.777. The minimum absolute atomic E-state index is 0.189. The van der Waals surface area contributed by atoms with Gasteiger partial charge < -0.3 is 14.8 Å². The lowest BCUT2D eigenvalue weighted by Crippen LogP contribution is -2.09. The fourth-order valence-corrected chi connectivity index (χ4v) is 3.23. The molecule has 6 heteroatoms. The van der Waals surface area contributed by atoms with Gasteiger partial charge in [-0.1, -0.05) is 0 Å². The van der Waals surface area contributed by atoms with E-state index in [9.17, 15) is 9.18 Å². The van der Waals surface area contributed by atoms with E-state index in [1.807, 2.05) is 0 Å². The molecular formula is C16H10FNO3S. The Morgan fingerprint density at radius 3 is 2.86 bits per heavy atom. The Labute approximate surface area is 129 Å². The molecule has 2 heterocycles. The topological polar surface area (TPSA) is 47.6 Å². The molecule has 0 fully saturated rings. The van der Waals surface area contributed by atoms with Crippen LogP contribution < -0.4 is 14.8 Å². The number of halogens is 1. The summed E-state index contributed by atoms with van der Waals surface area (Å²) in [6, 6.07) is 11.4. The first kappa shape index (κ1) is 13.1. The number of nitrogens with one attached hydrogen (secondary N) is 1. The van der Waals surface area contributed by atoms with Crippen LogP contribution in [0, 0.1) is 5.82 Å². The second-order valence-electron chi connectivity index (χ2n) is 4.81. The van der Waals surface area contributed by atoms with Crippen LogP contribution in [0.3, 0.4) is 0 Å². The third-order valence-corrected chi connectivity index (χ3v) is 4.45. The normalized spacial score (nSPS) is 12.6. The Kier molecular flexibility index (Phi) is 2.97. The van der Waals surface area contributed by atoms with E-state index in [4.69, 9.17) is 9.47 Å². The maximum absolute atomic E-state index is 13.2. The summed E-state index contributed by atoms with van der Waals surface area (Å²) in [6.07, 6.45) is 0. The fraction of sp³-hybridized carbons (Fsp3) is 0.0625. The van der Waals surface area contributed by atoms with Gasteiger partial charge in [-0.3, -0.25) is 4.79 Å². The molecule has 0 aliphatic carbocycles. The van der Waals surface area contributed by atoms with Crippen molar-refractivity contribution in [2.24, 2.45) is 0 Å².